The van der Waals surface area contributed by atoms with Crippen molar-refractivity contribution in [3.63, 3.8) is 0 Å². The van der Waals surface area contributed by atoms with Crippen LogP contribution in [0.15, 0.2) is 42.6 Å². The molecule has 154 valence electrons. The van der Waals surface area contributed by atoms with Crippen molar-refractivity contribution >= 4 is 23.4 Å². The maximum Gasteiger partial charge on any atom is 0.339 e. The molecule has 0 atom stereocenters. The second-order valence-corrected chi connectivity index (χ2v) is 6.80. The van der Waals surface area contributed by atoms with Crippen LogP contribution in [0.3, 0.4) is 0 Å². The van der Waals surface area contributed by atoms with Crippen molar-refractivity contribution in [1.29, 1.82) is 0 Å². The first-order valence-corrected chi connectivity index (χ1v) is 9.71. The predicted molar refractivity (Wildman–Crippen MR) is 108 cm³/mol. The van der Waals surface area contributed by atoms with Gasteiger partial charge in [0.25, 0.3) is 0 Å². The minimum Gasteiger partial charge on any atom is -0.462 e. The zero-order valence-corrected chi connectivity index (χ0v) is 16.4. The number of rotatable bonds is 6. The van der Waals surface area contributed by atoms with Crippen LogP contribution in [0.2, 0.25) is 0 Å². The highest BCUT2D eigenvalue weighted by atomic mass is 19.1. The smallest absolute Gasteiger partial charge is 0.339 e. The van der Waals surface area contributed by atoms with E-state index in [-0.39, 0.29) is 24.2 Å². The monoisotopic (exact) mass is 400 g/mol. The second kappa shape index (κ2) is 9.97. The number of benzene rings is 1. The summed E-state index contributed by atoms with van der Waals surface area (Å²) in [5, 5.41) is 2.79. The summed E-state index contributed by atoms with van der Waals surface area (Å²) < 4.78 is 17.9. The molecule has 0 saturated carbocycles. The van der Waals surface area contributed by atoms with Crippen LogP contribution in [0.25, 0.3) is 0 Å². The fourth-order valence-electron chi connectivity index (χ4n) is 3.20. The molecule has 1 aromatic heterocycles. The van der Waals surface area contributed by atoms with E-state index in [9.17, 15) is 14.0 Å². The molecule has 1 amide bonds. The highest BCUT2D eigenvalue weighted by Crippen LogP contribution is 2.15. The van der Waals surface area contributed by atoms with E-state index < -0.39 is 0 Å². The number of carbonyl (C=O) groups is 2. The number of halogens is 1. The summed E-state index contributed by atoms with van der Waals surface area (Å²) in [6, 6.07) is 9.27. The largest absolute Gasteiger partial charge is 0.462 e. The molecule has 8 heteroatoms. The Morgan fingerprint density at radius 3 is 2.59 bits per heavy atom. The molecular formula is C21H25FN4O3. The average Bonchev–Trinajstić information content (AvgIpc) is 2.95. The second-order valence-electron chi connectivity index (χ2n) is 6.80. The van der Waals surface area contributed by atoms with E-state index in [4.69, 9.17) is 4.74 Å². The van der Waals surface area contributed by atoms with Crippen molar-refractivity contribution < 1.29 is 18.7 Å². The van der Waals surface area contributed by atoms with Crippen molar-refractivity contribution in [2.45, 2.75) is 13.3 Å². The fourth-order valence-corrected chi connectivity index (χ4v) is 3.20. The molecule has 1 aromatic carbocycles. The molecule has 0 unspecified atom stereocenters. The van der Waals surface area contributed by atoms with Gasteiger partial charge in [-0.15, -0.1) is 0 Å². The number of hydrogen-bond acceptors (Lipinski definition) is 6. The molecule has 0 aliphatic carbocycles. The molecule has 1 aliphatic heterocycles. The molecule has 2 heterocycles. The number of ether oxygens (including phenoxy) is 1. The normalized spacial score (nSPS) is 14.9. The number of pyridine rings is 1. The molecule has 1 N–H and O–H groups in total. The fraction of sp³-hybridized carbons (Fsp3) is 0.381. The Morgan fingerprint density at radius 1 is 1.10 bits per heavy atom. The quantitative estimate of drug-likeness (QED) is 0.752. The zero-order chi connectivity index (χ0) is 20.6. The number of nitrogens with zero attached hydrogens (tertiary/aromatic N) is 3. The lowest BCUT2D eigenvalue weighted by Gasteiger charge is -2.22. The van der Waals surface area contributed by atoms with Crippen LogP contribution in [-0.4, -0.2) is 61.1 Å². The minimum absolute atomic E-state index is 0.123. The van der Waals surface area contributed by atoms with Gasteiger partial charge in [0.05, 0.1) is 18.7 Å². The Kier molecular flexibility index (Phi) is 7.13. The van der Waals surface area contributed by atoms with Crippen molar-refractivity contribution in [2.75, 3.05) is 49.5 Å². The molecule has 2 aromatic rings. The first-order chi connectivity index (χ1) is 14.0. The van der Waals surface area contributed by atoms with E-state index in [1.54, 1.807) is 25.1 Å². The SMILES string of the molecule is CCOC(=O)c1ccc(N2CCCN(CC(=O)Nc3ccc(F)cc3)CC2)nc1. The Morgan fingerprint density at radius 2 is 1.90 bits per heavy atom. The highest BCUT2D eigenvalue weighted by Gasteiger charge is 2.18. The van der Waals surface area contributed by atoms with E-state index in [0.29, 0.717) is 17.9 Å². The van der Waals surface area contributed by atoms with Gasteiger partial charge in [0.15, 0.2) is 0 Å². The highest BCUT2D eigenvalue weighted by molar-refractivity contribution is 5.92. The third kappa shape index (κ3) is 5.99. The maximum atomic E-state index is 13.0. The third-order valence-electron chi connectivity index (χ3n) is 4.67. The first-order valence-electron chi connectivity index (χ1n) is 9.71. The van der Waals surface area contributed by atoms with Crippen molar-refractivity contribution in [2.24, 2.45) is 0 Å². The third-order valence-corrected chi connectivity index (χ3v) is 4.67. The molecule has 1 fully saturated rings. The number of hydrogen-bond donors (Lipinski definition) is 1. The van der Waals surface area contributed by atoms with Crippen molar-refractivity contribution in [1.82, 2.24) is 9.88 Å². The van der Waals surface area contributed by atoms with Crippen LogP contribution in [0.1, 0.15) is 23.7 Å². The van der Waals surface area contributed by atoms with E-state index in [0.717, 1.165) is 38.4 Å². The Labute approximate surface area is 169 Å². The Hall–Kier alpha value is -3.00. The molecule has 0 spiro atoms. The summed E-state index contributed by atoms with van der Waals surface area (Å²) in [6.45, 7) is 5.45. The van der Waals surface area contributed by atoms with Gasteiger partial charge in [0, 0.05) is 38.1 Å². The molecule has 3 rings (SSSR count). The van der Waals surface area contributed by atoms with E-state index >= 15 is 0 Å². The lowest BCUT2D eigenvalue weighted by Crippen LogP contribution is -2.36. The molecule has 7 nitrogen and oxygen atoms in total. The van der Waals surface area contributed by atoms with Gasteiger partial charge in [0.1, 0.15) is 11.6 Å². The van der Waals surface area contributed by atoms with E-state index in [1.807, 2.05) is 6.07 Å². The lowest BCUT2D eigenvalue weighted by atomic mass is 10.2. The van der Waals surface area contributed by atoms with Crippen LogP contribution in [0.4, 0.5) is 15.9 Å². The lowest BCUT2D eigenvalue weighted by molar-refractivity contribution is -0.117. The van der Waals surface area contributed by atoms with Crippen molar-refractivity contribution in [3.8, 4) is 0 Å². The Bertz CT molecular complexity index is 827. The van der Waals surface area contributed by atoms with Gasteiger partial charge in [0.2, 0.25) is 5.91 Å². The molecule has 29 heavy (non-hydrogen) atoms. The predicted octanol–water partition coefficient (Wildman–Crippen LogP) is 2.55. The zero-order valence-electron chi connectivity index (χ0n) is 16.4. The summed E-state index contributed by atoms with van der Waals surface area (Å²) in [5.74, 6) is -0.0297. The van der Waals surface area contributed by atoms with Gasteiger partial charge < -0.3 is 15.0 Å². The van der Waals surface area contributed by atoms with Gasteiger partial charge in [-0.3, -0.25) is 9.69 Å². The van der Waals surface area contributed by atoms with Crippen LogP contribution in [0.5, 0.6) is 0 Å². The number of nitrogens with one attached hydrogen (secondary N) is 1. The topological polar surface area (TPSA) is 74.8 Å². The number of carbonyl (C=O) groups excluding carboxylic acids is 2. The number of amides is 1. The molecule has 1 aliphatic rings. The number of aromatic nitrogens is 1. The van der Waals surface area contributed by atoms with E-state index in [2.05, 4.69) is 20.1 Å². The number of esters is 1. The summed E-state index contributed by atoms with van der Waals surface area (Å²) >= 11 is 0. The average molecular weight is 400 g/mol. The van der Waals surface area contributed by atoms with Gasteiger partial charge >= 0.3 is 5.97 Å². The van der Waals surface area contributed by atoms with Crippen molar-refractivity contribution in [3.05, 3.63) is 54.0 Å². The number of anilines is 2. The summed E-state index contributed by atoms with van der Waals surface area (Å²) in [7, 11) is 0. The maximum absolute atomic E-state index is 13.0. The standard InChI is InChI=1S/C21H25FN4O3/c1-2-29-21(28)16-4-9-19(23-14-16)26-11-3-10-25(12-13-26)15-20(27)24-18-7-5-17(22)6-8-18/h4-9,14H,2-3,10-13,15H2,1H3,(H,24,27). The summed E-state index contributed by atoms with van der Waals surface area (Å²) in [4.78, 5) is 32.6. The summed E-state index contributed by atoms with van der Waals surface area (Å²) in [5.41, 5.74) is 1.02. The van der Waals surface area contributed by atoms with Crippen LogP contribution < -0.4 is 10.2 Å². The van der Waals surface area contributed by atoms with Crippen LogP contribution in [0, 0.1) is 5.82 Å². The van der Waals surface area contributed by atoms with Gasteiger partial charge in [-0.1, -0.05) is 0 Å². The molecule has 0 radical (unpaired) electrons. The molecular weight excluding hydrogens is 375 g/mol. The molecule has 1 saturated heterocycles. The van der Waals surface area contributed by atoms with Gasteiger partial charge in [-0.05, 0) is 49.7 Å². The Balaban J connectivity index is 1.51. The molecule has 0 bridgehead atoms. The minimum atomic E-state index is -0.374. The summed E-state index contributed by atoms with van der Waals surface area (Å²) in [6.07, 6.45) is 2.43. The van der Waals surface area contributed by atoms with E-state index in [1.165, 1.54) is 18.3 Å². The van der Waals surface area contributed by atoms with Gasteiger partial charge in [-0.2, -0.15) is 0 Å². The van der Waals surface area contributed by atoms with Crippen LogP contribution in [-0.2, 0) is 9.53 Å². The first kappa shape index (κ1) is 20.7. The van der Waals surface area contributed by atoms with Gasteiger partial charge in [-0.25, -0.2) is 14.2 Å². The van der Waals surface area contributed by atoms with Crippen LogP contribution >= 0.6 is 0 Å².